The molecule has 100 valence electrons. The molecular weight excluding hydrogens is 248 g/mol. The van der Waals surface area contributed by atoms with Gasteiger partial charge in [-0.3, -0.25) is 4.79 Å². The SMILES string of the molecule is CCC(=O)Cc1ccc(-c2cn3ccccc3n2)cc1. The van der Waals surface area contributed by atoms with Crippen LogP contribution in [0.15, 0.2) is 54.9 Å². The molecule has 3 heteroatoms. The van der Waals surface area contributed by atoms with Gasteiger partial charge < -0.3 is 4.40 Å². The zero-order valence-corrected chi connectivity index (χ0v) is 11.4. The third kappa shape index (κ3) is 2.48. The van der Waals surface area contributed by atoms with E-state index in [2.05, 4.69) is 4.98 Å². The maximum atomic E-state index is 11.4. The Morgan fingerprint density at radius 1 is 1.15 bits per heavy atom. The van der Waals surface area contributed by atoms with Gasteiger partial charge in [0, 0.05) is 30.8 Å². The molecule has 0 N–H and O–H groups in total. The number of Topliss-reactive ketones (excluding diaryl/α,β-unsaturated/α-hetero) is 1. The van der Waals surface area contributed by atoms with Gasteiger partial charge in [-0.2, -0.15) is 0 Å². The van der Waals surface area contributed by atoms with Gasteiger partial charge in [-0.1, -0.05) is 37.3 Å². The van der Waals surface area contributed by atoms with Crippen LogP contribution >= 0.6 is 0 Å². The fraction of sp³-hybridized carbons (Fsp3) is 0.176. The third-order valence-electron chi connectivity index (χ3n) is 3.41. The van der Waals surface area contributed by atoms with Crippen molar-refractivity contribution in [3.8, 4) is 11.3 Å². The van der Waals surface area contributed by atoms with Crippen molar-refractivity contribution in [3.05, 3.63) is 60.4 Å². The largest absolute Gasteiger partial charge is 0.306 e. The van der Waals surface area contributed by atoms with Gasteiger partial charge in [0.25, 0.3) is 0 Å². The monoisotopic (exact) mass is 264 g/mol. The van der Waals surface area contributed by atoms with E-state index in [0.717, 1.165) is 22.5 Å². The topological polar surface area (TPSA) is 34.4 Å². The van der Waals surface area contributed by atoms with Gasteiger partial charge in [0.05, 0.1) is 5.69 Å². The zero-order valence-electron chi connectivity index (χ0n) is 11.4. The molecule has 0 aliphatic rings. The number of fused-ring (bicyclic) bond motifs is 1. The Morgan fingerprint density at radius 2 is 1.95 bits per heavy atom. The summed E-state index contributed by atoms with van der Waals surface area (Å²) in [7, 11) is 0. The second-order valence-electron chi connectivity index (χ2n) is 4.86. The maximum absolute atomic E-state index is 11.4. The Bertz CT molecular complexity index is 708. The Hall–Kier alpha value is -2.42. The highest BCUT2D eigenvalue weighted by atomic mass is 16.1. The van der Waals surface area contributed by atoms with Gasteiger partial charge in [0.2, 0.25) is 0 Å². The smallest absolute Gasteiger partial charge is 0.137 e. The third-order valence-corrected chi connectivity index (χ3v) is 3.41. The molecule has 0 aliphatic carbocycles. The highest BCUT2D eigenvalue weighted by Crippen LogP contribution is 2.20. The first-order valence-electron chi connectivity index (χ1n) is 6.81. The molecule has 0 fully saturated rings. The van der Waals surface area contributed by atoms with Crippen LogP contribution in [-0.4, -0.2) is 15.2 Å². The number of imidazole rings is 1. The first-order valence-corrected chi connectivity index (χ1v) is 6.81. The Morgan fingerprint density at radius 3 is 2.65 bits per heavy atom. The minimum atomic E-state index is 0.269. The molecular formula is C17H16N2O. The van der Waals surface area contributed by atoms with Gasteiger partial charge in [-0.05, 0) is 17.7 Å². The van der Waals surface area contributed by atoms with Crippen LogP contribution in [0.2, 0.25) is 0 Å². The molecule has 3 nitrogen and oxygen atoms in total. The fourth-order valence-electron chi connectivity index (χ4n) is 2.22. The average Bonchev–Trinajstić information content (AvgIpc) is 2.91. The number of ketones is 1. The standard InChI is InChI=1S/C17H16N2O/c1-2-15(20)11-13-6-8-14(9-7-13)16-12-19-10-4-3-5-17(19)18-16/h3-10,12H,2,11H2,1H3. The summed E-state index contributed by atoms with van der Waals surface area (Å²) < 4.78 is 2.00. The van der Waals surface area contributed by atoms with Crippen LogP contribution in [0.1, 0.15) is 18.9 Å². The quantitative estimate of drug-likeness (QED) is 0.722. The molecule has 3 rings (SSSR count). The highest BCUT2D eigenvalue weighted by Gasteiger charge is 2.05. The lowest BCUT2D eigenvalue weighted by Gasteiger charge is -2.01. The molecule has 2 heterocycles. The summed E-state index contributed by atoms with van der Waals surface area (Å²) in [6, 6.07) is 14.0. The molecule has 0 saturated heterocycles. The van der Waals surface area contributed by atoms with Crippen LogP contribution in [0.4, 0.5) is 0 Å². The van der Waals surface area contributed by atoms with E-state index in [4.69, 9.17) is 0 Å². The number of nitrogens with zero attached hydrogens (tertiary/aromatic N) is 2. The summed E-state index contributed by atoms with van der Waals surface area (Å²) >= 11 is 0. The van der Waals surface area contributed by atoms with E-state index in [0.29, 0.717) is 12.8 Å². The minimum Gasteiger partial charge on any atom is -0.306 e. The van der Waals surface area contributed by atoms with Crippen molar-refractivity contribution in [2.75, 3.05) is 0 Å². The summed E-state index contributed by atoms with van der Waals surface area (Å²) in [6.45, 7) is 1.90. The van der Waals surface area contributed by atoms with Gasteiger partial charge in [-0.15, -0.1) is 0 Å². The van der Waals surface area contributed by atoms with Crippen LogP contribution < -0.4 is 0 Å². The Labute approximate surface area is 117 Å². The van der Waals surface area contributed by atoms with Crippen LogP contribution in [0.5, 0.6) is 0 Å². The van der Waals surface area contributed by atoms with Crippen LogP contribution in [0.3, 0.4) is 0 Å². The molecule has 0 unspecified atom stereocenters. The van der Waals surface area contributed by atoms with Crippen molar-refractivity contribution in [2.45, 2.75) is 19.8 Å². The first kappa shape index (κ1) is 12.6. The van der Waals surface area contributed by atoms with Gasteiger partial charge in [0.15, 0.2) is 0 Å². The van der Waals surface area contributed by atoms with Crippen molar-refractivity contribution in [2.24, 2.45) is 0 Å². The number of carbonyl (C=O) groups excluding carboxylic acids is 1. The summed E-state index contributed by atoms with van der Waals surface area (Å²) in [5.41, 5.74) is 4.02. The van der Waals surface area contributed by atoms with Crippen LogP contribution in [-0.2, 0) is 11.2 Å². The lowest BCUT2D eigenvalue weighted by atomic mass is 10.0. The molecule has 20 heavy (non-hydrogen) atoms. The second kappa shape index (κ2) is 5.29. The van der Waals surface area contributed by atoms with E-state index in [9.17, 15) is 4.79 Å². The number of benzene rings is 1. The van der Waals surface area contributed by atoms with Crippen molar-refractivity contribution in [1.82, 2.24) is 9.38 Å². The molecule has 0 radical (unpaired) electrons. The molecule has 1 aromatic carbocycles. The van der Waals surface area contributed by atoms with E-state index in [1.165, 1.54) is 0 Å². The number of hydrogen-bond donors (Lipinski definition) is 0. The summed E-state index contributed by atoms with van der Waals surface area (Å²) in [6.07, 6.45) is 5.11. The second-order valence-corrected chi connectivity index (χ2v) is 4.86. The van der Waals surface area contributed by atoms with Crippen molar-refractivity contribution in [1.29, 1.82) is 0 Å². The summed E-state index contributed by atoms with van der Waals surface area (Å²) in [5.74, 6) is 0.269. The van der Waals surface area contributed by atoms with Crippen molar-refractivity contribution < 1.29 is 4.79 Å². The predicted molar refractivity (Wildman–Crippen MR) is 79.6 cm³/mol. The fourth-order valence-corrected chi connectivity index (χ4v) is 2.22. The molecule has 0 aliphatic heterocycles. The van der Waals surface area contributed by atoms with E-state index in [1.54, 1.807) is 0 Å². The minimum absolute atomic E-state index is 0.269. The molecule has 0 amide bonds. The first-order chi connectivity index (χ1) is 9.76. The van der Waals surface area contributed by atoms with E-state index in [-0.39, 0.29) is 5.78 Å². The average molecular weight is 264 g/mol. The predicted octanol–water partition coefficient (Wildman–Crippen LogP) is 3.52. The van der Waals surface area contributed by atoms with Crippen LogP contribution in [0, 0.1) is 0 Å². The van der Waals surface area contributed by atoms with E-state index < -0.39 is 0 Å². The van der Waals surface area contributed by atoms with Crippen molar-refractivity contribution >= 4 is 11.4 Å². The van der Waals surface area contributed by atoms with Crippen LogP contribution in [0.25, 0.3) is 16.9 Å². The Kier molecular flexibility index (Phi) is 3.33. The molecule has 0 saturated carbocycles. The van der Waals surface area contributed by atoms with Gasteiger partial charge in [-0.25, -0.2) is 4.98 Å². The lowest BCUT2D eigenvalue weighted by Crippen LogP contribution is -1.99. The number of aromatic nitrogens is 2. The lowest BCUT2D eigenvalue weighted by molar-refractivity contribution is -0.118. The normalized spacial score (nSPS) is 10.8. The van der Waals surface area contributed by atoms with Crippen molar-refractivity contribution in [3.63, 3.8) is 0 Å². The molecule has 3 aromatic rings. The number of rotatable bonds is 4. The maximum Gasteiger partial charge on any atom is 0.137 e. The molecule has 0 bridgehead atoms. The van der Waals surface area contributed by atoms with E-state index >= 15 is 0 Å². The van der Waals surface area contributed by atoms with Gasteiger partial charge >= 0.3 is 0 Å². The summed E-state index contributed by atoms with van der Waals surface area (Å²) in [4.78, 5) is 16.0. The Balaban J connectivity index is 1.88. The molecule has 0 atom stereocenters. The van der Waals surface area contributed by atoms with Gasteiger partial charge in [0.1, 0.15) is 11.4 Å². The zero-order chi connectivity index (χ0) is 13.9. The number of hydrogen-bond acceptors (Lipinski definition) is 2. The summed E-state index contributed by atoms with van der Waals surface area (Å²) in [5, 5.41) is 0. The number of carbonyl (C=O) groups is 1. The molecule has 0 spiro atoms. The molecule has 2 aromatic heterocycles. The number of pyridine rings is 1. The van der Waals surface area contributed by atoms with E-state index in [1.807, 2.05) is 66.2 Å². The highest BCUT2D eigenvalue weighted by molar-refractivity contribution is 5.80.